The first-order valence-electron chi connectivity index (χ1n) is 6.11. The quantitative estimate of drug-likeness (QED) is 0.849. The normalized spacial score (nSPS) is 20.3. The third kappa shape index (κ3) is 2.78. The highest BCUT2D eigenvalue weighted by molar-refractivity contribution is 9.10. The predicted octanol–water partition coefficient (Wildman–Crippen LogP) is 3.25. The lowest BCUT2D eigenvalue weighted by Crippen LogP contribution is -2.34. The minimum absolute atomic E-state index is 0.141. The number of benzene rings is 1. The van der Waals surface area contributed by atoms with E-state index < -0.39 is 0 Å². The van der Waals surface area contributed by atoms with Crippen LogP contribution in [-0.2, 0) is 0 Å². The highest BCUT2D eigenvalue weighted by Gasteiger charge is 2.23. The smallest absolute Gasteiger partial charge is 0.168 e. The molecule has 0 bridgehead atoms. The Morgan fingerprint density at radius 1 is 1.35 bits per heavy atom. The molecule has 2 rings (SSSR count). The maximum Gasteiger partial charge on any atom is 0.168 e. The van der Waals surface area contributed by atoms with E-state index in [0.717, 1.165) is 36.0 Å². The Kier molecular flexibility index (Phi) is 4.00. The van der Waals surface area contributed by atoms with Crippen molar-refractivity contribution in [1.29, 1.82) is 0 Å². The molecule has 0 radical (unpaired) electrons. The second-order valence-electron chi connectivity index (χ2n) is 4.82. The van der Waals surface area contributed by atoms with Crippen LogP contribution in [0.3, 0.4) is 0 Å². The average molecular weight is 296 g/mol. The molecular weight excluding hydrogens is 278 g/mol. The van der Waals surface area contributed by atoms with Gasteiger partial charge in [0.1, 0.15) is 0 Å². The Labute approximate surface area is 111 Å². The van der Waals surface area contributed by atoms with Crippen LogP contribution in [0.1, 0.15) is 34.3 Å². The van der Waals surface area contributed by atoms with Gasteiger partial charge >= 0.3 is 0 Å². The molecule has 0 aromatic heterocycles. The van der Waals surface area contributed by atoms with Crippen molar-refractivity contribution in [2.75, 3.05) is 13.1 Å². The van der Waals surface area contributed by atoms with E-state index in [1.807, 2.05) is 12.1 Å². The van der Waals surface area contributed by atoms with Crippen molar-refractivity contribution in [3.63, 3.8) is 0 Å². The molecule has 0 saturated carbocycles. The fraction of sp³-hybridized carbons (Fsp3) is 0.500. The van der Waals surface area contributed by atoms with E-state index in [4.69, 9.17) is 0 Å². The van der Waals surface area contributed by atoms with E-state index in [1.165, 1.54) is 11.1 Å². The van der Waals surface area contributed by atoms with Gasteiger partial charge in [0.05, 0.1) is 0 Å². The van der Waals surface area contributed by atoms with Crippen molar-refractivity contribution in [3.8, 4) is 0 Å². The lowest BCUT2D eigenvalue weighted by Gasteiger charge is -2.22. The average Bonchev–Trinajstić information content (AvgIpc) is 2.34. The molecular formula is C14H18BrNO. The zero-order valence-corrected chi connectivity index (χ0v) is 11.9. The Morgan fingerprint density at radius 3 is 2.71 bits per heavy atom. The summed E-state index contributed by atoms with van der Waals surface area (Å²) in [4.78, 5) is 12.4. The van der Waals surface area contributed by atoms with Gasteiger partial charge < -0.3 is 5.32 Å². The van der Waals surface area contributed by atoms with Crippen molar-refractivity contribution in [3.05, 3.63) is 33.3 Å². The molecule has 17 heavy (non-hydrogen) atoms. The Bertz CT molecular complexity index is 436. The molecule has 1 saturated heterocycles. The Balaban J connectivity index is 2.26. The van der Waals surface area contributed by atoms with Crippen molar-refractivity contribution >= 4 is 21.7 Å². The van der Waals surface area contributed by atoms with E-state index in [2.05, 4.69) is 35.1 Å². The van der Waals surface area contributed by atoms with Gasteiger partial charge in [0.15, 0.2) is 5.78 Å². The van der Waals surface area contributed by atoms with E-state index in [-0.39, 0.29) is 11.7 Å². The molecule has 1 unspecified atom stereocenters. The molecule has 1 fully saturated rings. The first-order valence-corrected chi connectivity index (χ1v) is 6.90. The molecule has 2 nitrogen and oxygen atoms in total. The van der Waals surface area contributed by atoms with Crippen LogP contribution in [0.2, 0.25) is 0 Å². The monoisotopic (exact) mass is 295 g/mol. The van der Waals surface area contributed by atoms with Crippen LogP contribution < -0.4 is 5.32 Å². The fourth-order valence-corrected chi connectivity index (χ4v) is 2.92. The third-order valence-electron chi connectivity index (χ3n) is 3.52. The summed E-state index contributed by atoms with van der Waals surface area (Å²) in [6.07, 6.45) is 2.10. The number of Topliss-reactive ketones (excluding diaryl/α,β-unsaturated/α-hetero) is 1. The van der Waals surface area contributed by atoms with E-state index in [9.17, 15) is 4.79 Å². The summed E-state index contributed by atoms with van der Waals surface area (Å²) in [6, 6.07) is 4.05. The number of carbonyl (C=O) groups excluding carboxylic acids is 1. The minimum Gasteiger partial charge on any atom is -0.316 e. The molecule has 0 aliphatic carbocycles. The van der Waals surface area contributed by atoms with Gasteiger partial charge in [0.2, 0.25) is 0 Å². The molecule has 3 heteroatoms. The van der Waals surface area contributed by atoms with Crippen LogP contribution in [0.5, 0.6) is 0 Å². The van der Waals surface area contributed by atoms with Crippen LogP contribution in [0, 0.1) is 19.8 Å². The van der Waals surface area contributed by atoms with Gasteiger partial charge in [0.25, 0.3) is 0 Å². The van der Waals surface area contributed by atoms with Crippen LogP contribution >= 0.6 is 15.9 Å². The molecule has 1 aliphatic heterocycles. The maximum absolute atomic E-state index is 12.4. The number of hydrogen-bond acceptors (Lipinski definition) is 2. The maximum atomic E-state index is 12.4. The standard InChI is InChI=1S/C14H18BrNO/c1-9-6-12(13(15)7-10(9)2)14(17)11-4-3-5-16-8-11/h6-7,11,16H,3-5,8H2,1-2H3. The fourth-order valence-electron chi connectivity index (χ4n) is 2.27. The Hall–Kier alpha value is -0.670. The number of rotatable bonds is 2. The van der Waals surface area contributed by atoms with Gasteiger partial charge in [-0.05, 0) is 56.5 Å². The second kappa shape index (κ2) is 5.32. The number of carbonyl (C=O) groups is 1. The van der Waals surface area contributed by atoms with E-state index in [0.29, 0.717) is 0 Å². The number of piperidine rings is 1. The summed E-state index contributed by atoms with van der Waals surface area (Å²) in [5.41, 5.74) is 3.23. The first-order chi connectivity index (χ1) is 8.09. The van der Waals surface area contributed by atoms with Crippen molar-refractivity contribution < 1.29 is 4.79 Å². The van der Waals surface area contributed by atoms with Crippen molar-refractivity contribution in [2.24, 2.45) is 5.92 Å². The van der Waals surface area contributed by atoms with E-state index >= 15 is 0 Å². The minimum atomic E-state index is 0.141. The summed E-state index contributed by atoms with van der Waals surface area (Å²) in [6.45, 7) is 5.98. The summed E-state index contributed by atoms with van der Waals surface area (Å²) in [7, 11) is 0. The number of nitrogens with one attached hydrogen (secondary N) is 1. The van der Waals surface area contributed by atoms with Gasteiger partial charge in [-0.15, -0.1) is 0 Å². The van der Waals surface area contributed by atoms with Gasteiger partial charge in [-0.25, -0.2) is 0 Å². The molecule has 1 aliphatic rings. The number of ketones is 1. The summed E-state index contributed by atoms with van der Waals surface area (Å²) >= 11 is 3.51. The Morgan fingerprint density at radius 2 is 2.06 bits per heavy atom. The van der Waals surface area contributed by atoms with Crippen LogP contribution in [0.4, 0.5) is 0 Å². The first kappa shape index (κ1) is 12.8. The summed E-state index contributed by atoms with van der Waals surface area (Å²) in [5.74, 6) is 0.411. The SMILES string of the molecule is Cc1cc(Br)c(C(=O)C2CCCNC2)cc1C. The molecule has 0 spiro atoms. The molecule has 1 aromatic carbocycles. The third-order valence-corrected chi connectivity index (χ3v) is 4.17. The second-order valence-corrected chi connectivity index (χ2v) is 5.68. The highest BCUT2D eigenvalue weighted by Crippen LogP contribution is 2.26. The van der Waals surface area contributed by atoms with Gasteiger partial charge in [-0.2, -0.15) is 0 Å². The molecule has 0 amide bonds. The number of aryl methyl sites for hydroxylation is 2. The van der Waals surface area contributed by atoms with Crippen LogP contribution in [0.15, 0.2) is 16.6 Å². The van der Waals surface area contributed by atoms with Crippen LogP contribution in [-0.4, -0.2) is 18.9 Å². The van der Waals surface area contributed by atoms with Crippen molar-refractivity contribution in [1.82, 2.24) is 5.32 Å². The highest BCUT2D eigenvalue weighted by atomic mass is 79.9. The topological polar surface area (TPSA) is 29.1 Å². The van der Waals surface area contributed by atoms with Crippen LogP contribution in [0.25, 0.3) is 0 Å². The summed E-state index contributed by atoms with van der Waals surface area (Å²) < 4.78 is 0.927. The van der Waals surface area contributed by atoms with Gasteiger partial charge in [-0.1, -0.05) is 15.9 Å². The van der Waals surface area contributed by atoms with E-state index in [1.54, 1.807) is 0 Å². The largest absolute Gasteiger partial charge is 0.316 e. The molecule has 1 aromatic rings. The number of hydrogen-bond donors (Lipinski definition) is 1. The lowest BCUT2D eigenvalue weighted by atomic mass is 9.90. The molecule has 1 N–H and O–H groups in total. The van der Waals surface area contributed by atoms with Gasteiger partial charge in [0, 0.05) is 22.5 Å². The van der Waals surface area contributed by atoms with Gasteiger partial charge in [-0.3, -0.25) is 4.79 Å². The molecule has 1 atom stereocenters. The summed E-state index contributed by atoms with van der Waals surface area (Å²) in [5, 5.41) is 3.29. The number of halogens is 1. The lowest BCUT2D eigenvalue weighted by molar-refractivity contribution is 0.0899. The predicted molar refractivity (Wildman–Crippen MR) is 73.5 cm³/mol. The molecule has 1 heterocycles. The molecule has 92 valence electrons. The van der Waals surface area contributed by atoms with Crippen molar-refractivity contribution in [2.45, 2.75) is 26.7 Å². The zero-order valence-electron chi connectivity index (χ0n) is 10.3. The zero-order chi connectivity index (χ0) is 12.4.